The van der Waals surface area contributed by atoms with E-state index >= 15 is 0 Å². The number of rotatable bonds is 5. The lowest BCUT2D eigenvalue weighted by atomic mass is 10.2. The molecule has 0 bridgehead atoms. The van der Waals surface area contributed by atoms with Crippen LogP contribution in [0.25, 0.3) is 0 Å². The van der Waals surface area contributed by atoms with E-state index < -0.39 is 5.91 Å². The predicted molar refractivity (Wildman–Crippen MR) is 57.0 cm³/mol. The minimum atomic E-state index is -0.450. The second-order valence-electron chi connectivity index (χ2n) is 3.14. The van der Waals surface area contributed by atoms with Crippen LogP contribution < -0.4 is 11.0 Å². The highest BCUT2D eigenvalue weighted by molar-refractivity contribution is 5.93. The standard InChI is InChI=1S/C10H14N2O4/c1-12-4-3-8(7-9(12)13)10(14)11-16-6-5-15-2/h3-4,7H,5-6H2,1-2H3,(H,11,14). The number of carbonyl (C=O) groups is 1. The van der Waals surface area contributed by atoms with E-state index in [1.165, 1.54) is 30.0 Å². The Balaban J connectivity index is 2.53. The van der Waals surface area contributed by atoms with E-state index in [0.717, 1.165) is 0 Å². The number of pyridine rings is 1. The van der Waals surface area contributed by atoms with Crippen LogP contribution in [0.15, 0.2) is 23.1 Å². The summed E-state index contributed by atoms with van der Waals surface area (Å²) in [6, 6.07) is 2.78. The molecule has 0 atom stereocenters. The van der Waals surface area contributed by atoms with Crippen molar-refractivity contribution in [3.63, 3.8) is 0 Å². The molecule has 0 unspecified atom stereocenters. The number of amides is 1. The molecule has 1 rings (SSSR count). The molecule has 0 saturated heterocycles. The van der Waals surface area contributed by atoms with Crippen LogP contribution in [0.4, 0.5) is 0 Å². The quantitative estimate of drug-likeness (QED) is 0.552. The molecule has 0 fully saturated rings. The molecule has 0 aromatic carbocycles. The van der Waals surface area contributed by atoms with Gasteiger partial charge in [0.05, 0.1) is 13.2 Å². The van der Waals surface area contributed by atoms with E-state index in [9.17, 15) is 9.59 Å². The van der Waals surface area contributed by atoms with Crippen molar-refractivity contribution in [2.75, 3.05) is 20.3 Å². The summed E-state index contributed by atoms with van der Waals surface area (Å²) >= 11 is 0. The van der Waals surface area contributed by atoms with E-state index in [4.69, 9.17) is 9.57 Å². The molecule has 1 aromatic heterocycles. The number of nitrogens with one attached hydrogen (secondary N) is 1. The fourth-order valence-corrected chi connectivity index (χ4v) is 0.990. The Kier molecular flexibility index (Phi) is 4.68. The molecule has 0 aliphatic rings. The van der Waals surface area contributed by atoms with E-state index in [1.54, 1.807) is 7.05 Å². The van der Waals surface area contributed by atoms with Gasteiger partial charge in [-0.15, -0.1) is 0 Å². The average Bonchev–Trinajstić information content (AvgIpc) is 2.28. The van der Waals surface area contributed by atoms with Gasteiger partial charge in [0, 0.05) is 32.0 Å². The van der Waals surface area contributed by atoms with Crippen LogP contribution in [0.5, 0.6) is 0 Å². The Morgan fingerprint density at radius 3 is 2.88 bits per heavy atom. The molecule has 1 amide bonds. The minimum absolute atomic E-state index is 0.246. The van der Waals surface area contributed by atoms with Crippen molar-refractivity contribution in [1.82, 2.24) is 10.0 Å². The molecule has 16 heavy (non-hydrogen) atoms. The lowest BCUT2D eigenvalue weighted by Gasteiger charge is -2.05. The Labute approximate surface area is 92.7 Å². The monoisotopic (exact) mass is 226 g/mol. The average molecular weight is 226 g/mol. The van der Waals surface area contributed by atoms with Crippen molar-refractivity contribution in [1.29, 1.82) is 0 Å². The molecule has 6 nitrogen and oxygen atoms in total. The van der Waals surface area contributed by atoms with Gasteiger partial charge in [0.1, 0.15) is 0 Å². The summed E-state index contributed by atoms with van der Waals surface area (Å²) in [4.78, 5) is 27.5. The van der Waals surface area contributed by atoms with Gasteiger partial charge in [0.25, 0.3) is 11.5 Å². The second kappa shape index (κ2) is 6.04. The number of hydrogen-bond donors (Lipinski definition) is 1. The molecule has 1 heterocycles. The summed E-state index contributed by atoms with van der Waals surface area (Å²) < 4.78 is 6.11. The van der Waals surface area contributed by atoms with Gasteiger partial charge < -0.3 is 9.30 Å². The fraction of sp³-hybridized carbons (Fsp3) is 0.400. The molecule has 0 spiro atoms. The lowest BCUT2D eigenvalue weighted by molar-refractivity contribution is 0.00887. The molecular formula is C10H14N2O4. The van der Waals surface area contributed by atoms with Crippen LogP contribution in [0.3, 0.4) is 0 Å². The van der Waals surface area contributed by atoms with Gasteiger partial charge in [0.2, 0.25) is 0 Å². The first-order chi connectivity index (χ1) is 7.65. The van der Waals surface area contributed by atoms with Crippen LogP contribution in [0.1, 0.15) is 10.4 Å². The number of methoxy groups -OCH3 is 1. The van der Waals surface area contributed by atoms with Gasteiger partial charge in [-0.2, -0.15) is 0 Å². The third-order valence-corrected chi connectivity index (χ3v) is 1.92. The number of carbonyl (C=O) groups excluding carboxylic acids is 1. The summed E-state index contributed by atoms with van der Waals surface area (Å²) in [5, 5.41) is 0. The van der Waals surface area contributed by atoms with Gasteiger partial charge >= 0.3 is 0 Å². The second-order valence-corrected chi connectivity index (χ2v) is 3.14. The maximum absolute atomic E-state index is 11.4. The van der Waals surface area contributed by atoms with Crippen molar-refractivity contribution >= 4 is 5.91 Å². The Morgan fingerprint density at radius 2 is 2.25 bits per heavy atom. The van der Waals surface area contributed by atoms with Crippen LogP contribution in [0.2, 0.25) is 0 Å². The van der Waals surface area contributed by atoms with Crippen molar-refractivity contribution in [2.45, 2.75) is 0 Å². The molecule has 0 aliphatic heterocycles. The summed E-state index contributed by atoms with van der Waals surface area (Å²) in [6.45, 7) is 0.643. The van der Waals surface area contributed by atoms with Gasteiger partial charge in [-0.1, -0.05) is 0 Å². The lowest BCUT2D eigenvalue weighted by Crippen LogP contribution is -2.27. The zero-order chi connectivity index (χ0) is 12.0. The largest absolute Gasteiger partial charge is 0.382 e. The van der Waals surface area contributed by atoms with Gasteiger partial charge in [-0.25, -0.2) is 5.48 Å². The van der Waals surface area contributed by atoms with Crippen LogP contribution >= 0.6 is 0 Å². The molecule has 0 radical (unpaired) electrons. The van der Waals surface area contributed by atoms with E-state index in [-0.39, 0.29) is 17.7 Å². The van der Waals surface area contributed by atoms with Crippen LogP contribution in [0, 0.1) is 0 Å². The maximum Gasteiger partial charge on any atom is 0.275 e. The predicted octanol–water partition coefficient (Wildman–Crippen LogP) is -0.307. The van der Waals surface area contributed by atoms with Gasteiger partial charge in [0.15, 0.2) is 0 Å². The van der Waals surface area contributed by atoms with Gasteiger partial charge in [-0.05, 0) is 6.07 Å². The number of aryl methyl sites for hydroxylation is 1. The molecule has 6 heteroatoms. The number of nitrogens with zero attached hydrogens (tertiary/aromatic N) is 1. The third kappa shape index (κ3) is 3.48. The number of aromatic nitrogens is 1. The first kappa shape index (κ1) is 12.4. The number of hydroxylamine groups is 1. The Bertz CT molecular complexity index is 414. The van der Waals surface area contributed by atoms with E-state index in [2.05, 4.69) is 5.48 Å². The number of ether oxygens (including phenoxy) is 1. The van der Waals surface area contributed by atoms with E-state index in [0.29, 0.717) is 6.61 Å². The maximum atomic E-state index is 11.4. The van der Waals surface area contributed by atoms with E-state index in [1.807, 2.05) is 0 Å². The zero-order valence-electron chi connectivity index (χ0n) is 9.23. The normalized spacial score (nSPS) is 10.1. The molecule has 0 saturated carbocycles. The van der Waals surface area contributed by atoms with Crippen LogP contribution in [-0.4, -0.2) is 30.8 Å². The SMILES string of the molecule is COCCONC(=O)c1ccn(C)c(=O)c1. The highest BCUT2D eigenvalue weighted by Gasteiger charge is 2.06. The zero-order valence-corrected chi connectivity index (χ0v) is 9.23. The van der Waals surface area contributed by atoms with Crippen molar-refractivity contribution in [2.24, 2.45) is 7.05 Å². The first-order valence-electron chi connectivity index (χ1n) is 4.73. The molecular weight excluding hydrogens is 212 g/mol. The smallest absolute Gasteiger partial charge is 0.275 e. The minimum Gasteiger partial charge on any atom is -0.382 e. The highest BCUT2D eigenvalue weighted by Crippen LogP contribution is 1.93. The Morgan fingerprint density at radius 1 is 1.50 bits per heavy atom. The van der Waals surface area contributed by atoms with Crippen molar-refractivity contribution < 1.29 is 14.4 Å². The summed E-state index contributed by atoms with van der Waals surface area (Å²) in [7, 11) is 3.14. The molecule has 88 valence electrons. The fourth-order valence-electron chi connectivity index (χ4n) is 0.990. The summed E-state index contributed by atoms with van der Waals surface area (Å²) in [5.41, 5.74) is 2.23. The van der Waals surface area contributed by atoms with Gasteiger partial charge in [-0.3, -0.25) is 14.4 Å². The summed E-state index contributed by atoms with van der Waals surface area (Å²) in [5.74, 6) is -0.450. The highest BCUT2D eigenvalue weighted by atomic mass is 16.7. The third-order valence-electron chi connectivity index (χ3n) is 1.92. The Hall–Kier alpha value is -1.66. The molecule has 0 aliphatic carbocycles. The van der Waals surface area contributed by atoms with Crippen LogP contribution in [-0.2, 0) is 16.6 Å². The topological polar surface area (TPSA) is 69.6 Å². The number of hydrogen-bond acceptors (Lipinski definition) is 4. The molecule has 1 aromatic rings. The summed E-state index contributed by atoms with van der Waals surface area (Å²) in [6.07, 6.45) is 1.52. The van der Waals surface area contributed by atoms with Crippen molar-refractivity contribution in [3.8, 4) is 0 Å². The van der Waals surface area contributed by atoms with Crippen molar-refractivity contribution in [3.05, 3.63) is 34.2 Å². The first-order valence-corrected chi connectivity index (χ1v) is 4.73. The molecule has 1 N–H and O–H groups in total.